The van der Waals surface area contributed by atoms with E-state index in [1.165, 1.54) is 0 Å². The largest absolute Gasteiger partial charge is 0.289 e. The molecule has 6 nitrogen and oxygen atoms in total. The maximum atomic E-state index is 14.4. The van der Waals surface area contributed by atoms with Gasteiger partial charge in [0.15, 0.2) is 34.7 Å². The van der Waals surface area contributed by atoms with E-state index in [2.05, 4.69) is 0 Å². The zero-order valence-electron chi connectivity index (χ0n) is 25.8. The molecule has 0 fully saturated rings. The molecule has 0 aromatic heterocycles. The van der Waals surface area contributed by atoms with E-state index in [-0.39, 0.29) is 45.8 Å². The normalized spacial score (nSPS) is 20.1. The molecule has 50 heavy (non-hydrogen) atoms. The van der Waals surface area contributed by atoms with Gasteiger partial charge in [0.05, 0.1) is 5.41 Å². The first-order valence-electron chi connectivity index (χ1n) is 16.5. The minimum Gasteiger partial charge on any atom is -0.289 e. The second-order valence-corrected chi connectivity index (χ2v) is 13.9. The van der Waals surface area contributed by atoms with Crippen LogP contribution in [-0.4, -0.2) is 34.7 Å². The van der Waals surface area contributed by atoms with E-state index >= 15 is 0 Å². The van der Waals surface area contributed by atoms with Crippen LogP contribution < -0.4 is 0 Å². The first kappa shape index (κ1) is 26.3. The zero-order chi connectivity index (χ0) is 33.5. The Bertz CT molecular complexity index is 2760. The van der Waals surface area contributed by atoms with Crippen molar-refractivity contribution in [2.75, 3.05) is 0 Å². The Morgan fingerprint density at radius 2 is 0.680 bits per heavy atom. The Kier molecular flexibility index (Phi) is 4.28. The van der Waals surface area contributed by atoms with E-state index in [0.29, 0.717) is 61.2 Å². The molecule has 0 aliphatic heterocycles. The van der Waals surface area contributed by atoms with Crippen LogP contribution in [0.5, 0.6) is 0 Å². The molecule has 0 radical (unpaired) electrons. The van der Waals surface area contributed by atoms with Crippen molar-refractivity contribution in [1.29, 1.82) is 0 Å². The van der Waals surface area contributed by atoms with Crippen molar-refractivity contribution in [3.05, 3.63) is 209 Å². The van der Waals surface area contributed by atoms with Gasteiger partial charge in [-0.05, 0) is 69.3 Å². The van der Waals surface area contributed by atoms with Crippen LogP contribution in [0.2, 0.25) is 0 Å². The number of benzene rings is 6. The second-order valence-electron chi connectivity index (χ2n) is 13.9. The average Bonchev–Trinajstić information content (AvgIpc) is 3.85. The third-order valence-electron chi connectivity index (χ3n) is 11.9. The van der Waals surface area contributed by atoms with E-state index in [1.807, 2.05) is 6.07 Å². The maximum Gasteiger partial charge on any atom is 0.194 e. The van der Waals surface area contributed by atoms with Gasteiger partial charge in [-0.1, -0.05) is 72.8 Å². The first-order chi connectivity index (χ1) is 24.3. The van der Waals surface area contributed by atoms with Crippen LogP contribution in [-0.2, 0) is 5.41 Å². The van der Waals surface area contributed by atoms with Gasteiger partial charge in [-0.3, -0.25) is 28.8 Å². The van der Waals surface area contributed by atoms with Crippen molar-refractivity contribution >= 4 is 34.7 Å². The summed E-state index contributed by atoms with van der Waals surface area (Å²) in [6.45, 7) is 0. The van der Waals surface area contributed by atoms with E-state index in [1.54, 1.807) is 97.1 Å². The van der Waals surface area contributed by atoms with E-state index in [0.717, 1.165) is 33.4 Å². The summed E-state index contributed by atoms with van der Waals surface area (Å²) in [6.07, 6.45) is 0. The molecule has 2 bridgehead atoms. The highest BCUT2D eigenvalue weighted by atomic mass is 16.2. The predicted octanol–water partition coefficient (Wildman–Crippen LogP) is 6.52. The van der Waals surface area contributed by atoms with Crippen LogP contribution in [0, 0.1) is 0 Å². The number of rotatable bonds is 0. The van der Waals surface area contributed by atoms with Crippen molar-refractivity contribution in [1.82, 2.24) is 0 Å². The Hall–Kier alpha value is -6.66. The molecule has 6 heteroatoms. The number of carbonyl (C=O) groups is 6. The molecule has 230 valence electrons. The van der Waals surface area contributed by atoms with Gasteiger partial charge in [-0.25, -0.2) is 0 Å². The monoisotopic (exact) mass is 642 g/mol. The Labute approximate surface area is 283 Å². The minimum atomic E-state index is -1.05. The number of hydrogen-bond acceptors (Lipinski definition) is 6. The summed E-state index contributed by atoms with van der Waals surface area (Å²) in [6, 6.07) is 29.5. The SMILES string of the molecule is O=C1c2ccccc2C(=O)c2cc3c(cc21)C1c2cc4c(cc2C32c3c1cc1c(c32)C(=O)c2ccccc2C1=O)C(=O)c1ccccc1C4=O. The van der Waals surface area contributed by atoms with Crippen LogP contribution in [0.4, 0.5) is 0 Å². The Morgan fingerprint density at radius 3 is 1.10 bits per heavy atom. The maximum absolute atomic E-state index is 14.4. The van der Waals surface area contributed by atoms with Crippen LogP contribution in [0.25, 0.3) is 0 Å². The van der Waals surface area contributed by atoms with Crippen LogP contribution in [0.3, 0.4) is 0 Å². The van der Waals surface area contributed by atoms with E-state index < -0.39 is 11.3 Å². The lowest BCUT2D eigenvalue weighted by atomic mass is 9.60. The number of hydrogen-bond donors (Lipinski definition) is 0. The molecule has 0 unspecified atom stereocenters. The molecule has 6 aromatic carbocycles. The summed E-state index contributed by atoms with van der Waals surface area (Å²) in [5, 5.41) is 0. The van der Waals surface area contributed by atoms with Gasteiger partial charge in [-0.2, -0.15) is 0 Å². The van der Waals surface area contributed by atoms with Crippen LogP contribution in [0.1, 0.15) is 140 Å². The molecule has 0 heterocycles. The summed E-state index contributed by atoms with van der Waals surface area (Å²) >= 11 is 0. The topological polar surface area (TPSA) is 102 Å². The number of ketones is 6. The second kappa shape index (κ2) is 8.13. The Balaban J connectivity index is 1.19. The highest BCUT2D eigenvalue weighted by molar-refractivity contribution is 6.32. The summed E-state index contributed by atoms with van der Waals surface area (Å²) in [5.74, 6) is -2.02. The minimum absolute atomic E-state index is 0.240. The van der Waals surface area contributed by atoms with Crippen molar-refractivity contribution in [3.63, 3.8) is 0 Å². The molecule has 7 aliphatic carbocycles. The molecule has 13 rings (SSSR count). The summed E-state index contributed by atoms with van der Waals surface area (Å²) in [5.41, 5.74) is 8.37. The van der Waals surface area contributed by atoms with Crippen LogP contribution in [0.15, 0.2) is 103 Å². The van der Waals surface area contributed by atoms with Crippen LogP contribution >= 0.6 is 0 Å². The zero-order valence-corrected chi connectivity index (χ0v) is 25.8. The third kappa shape index (κ3) is 2.62. The van der Waals surface area contributed by atoms with Gasteiger partial charge in [0.25, 0.3) is 0 Å². The van der Waals surface area contributed by atoms with Gasteiger partial charge in [0.1, 0.15) is 0 Å². The van der Waals surface area contributed by atoms with Crippen molar-refractivity contribution in [3.8, 4) is 0 Å². The average molecular weight is 643 g/mol. The van der Waals surface area contributed by atoms with Crippen molar-refractivity contribution < 1.29 is 28.8 Å². The van der Waals surface area contributed by atoms with Gasteiger partial charge in [-0.15, -0.1) is 0 Å². The quantitative estimate of drug-likeness (QED) is 0.187. The molecular formula is C44H18O6. The number of fused-ring (bicyclic) bond motifs is 7. The lowest BCUT2D eigenvalue weighted by Crippen LogP contribution is -2.34. The predicted molar refractivity (Wildman–Crippen MR) is 179 cm³/mol. The molecule has 0 saturated carbocycles. The standard InChI is InChI=1S/C44H18O6/c45-38-18-7-1-3-9-20(18)40(47)26-16-32-28(13-24(26)38)34-29-14-25-27(41(48)21-10-4-2-8-19(21)39(25)46)17-33(29)44(32)36-30(34)15-31-35(37(36)44)43(50)23-12-6-5-11-22(23)42(31)49/h1-17,34H. The highest BCUT2D eigenvalue weighted by Crippen LogP contribution is 2.74. The van der Waals surface area contributed by atoms with Gasteiger partial charge >= 0.3 is 0 Å². The molecule has 0 amide bonds. The molecule has 7 aliphatic rings. The molecule has 6 aromatic rings. The lowest BCUT2D eigenvalue weighted by Gasteiger charge is -2.41. The van der Waals surface area contributed by atoms with Gasteiger partial charge in [0, 0.05) is 72.7 Å². The fourth-order valence-electron chi connectivity index (χ4n) is 9.83. The van der Waals surface area contributed by atoms with Crippen molar-refractivity contribution in [2.45, 2.75) is 11.3 Å². The van der Waals surface area contributed by atoms with Crippen molar-refractivity contribution in [2.24, 2.45) is 0 Å². The smallest absolute Gasteiger partial charge is 0.194 e. The number of carbonyl (C=O) groups excluding carboxylic acids is 6. The fourth-order valence-corrected chi connectivity index (χ4v) is 9.83. The van der Waals surface area contributed by atoms with Gasteiger partial charge in [0.2, 0.25) is 0 Å². The molecule has 0 N–H and O–H groups in total. The molecule has 0 saturated heterocycles. The first-order valence-corrected chi connectivity index (χ1v) is 16.5. The molecule has 1 spiro atoms. The molecular weight excluding hydrogens is 624 g/mol. The Morgan fingerprint density at radius 1 is 0.340 bits per heavy atom. The van der Waals surface area contributed by atoms with E-state index in [4.69, 9.17) is 0 Å². The highest BCUT2D eigenvalue weighted by Gasteiger charge is 2.67. The van der Waals surface area contributed by atoms with E-state index in [9.17, 15) is 28.8 Å². The van der Waals surface area contributed by atoms with Gasteiger partial charge < -0.3 is 0 Å². The fraction of sp³-hybridized carbons (Fsp3) is 0.0455. The summed E-state index contributed by atoms with van der Waals surface area (Å²) < 4.78 is 0. The molecule has 0 atom stereocenters. The third-order valence-corrected chi connectivity index (χ3v) is 11.9. The summed E-state index contributed by atoms with van der Waals surface area (Å²) in [4.78, 5) is 84.4. The summed E-state index contributed by atoms with van der Waals surface area (Å²) in [7, 11) is 0. The lowest BCUT2D eigenvalue weighted by molar-refractivity contribution is 0.0978.